The molecule has 0 saturated heterocycles. The van der Waals surface area contributed by atoms with Crippen molar-refractivity contribution in [1.29, 1.82) is 0 Å². The Hall–Kier alpha value is -1.97. The Balaban J connectivity index is 1.65. The van der Waals surface area contributed by atoms with E-state index in [2.05, 4.69) is 15.3 Å². The number of para-hydroxylation sites is 2. The zero-order chi connectivity index (χ0) is 13.8. The van der Waals surface area contributed by atoms with E-state index >= 15 is 0 Å². The third-order valence-corrected chi connectivity index (χ3v) is 3.96. The van der Waals surface area contributed by atoms with E-state index in [0.717, 1.165) is 17.6 Å². The van der Waals surface area contributed by atoms with Gasteiger partial charge in [-0.25, -0.2) is 4.98 Å². The van der Waals surface area contributed by atoms with Crippen LogP contribution in [0.1, 0.15) is 42.6 Å². The second-order valence-corrected chi connectivity index (χ2v) is 5.46. The highest BCUT2D eigenvalue weighted by Crippen LogP contribution is 2.22. The van der Waals surface area contributed by atoms with Crippen LogP contribution in [0.4, 0.5) is 0 Å². The Kier molecular flexibility index (Phi) is 3.90. The van der Waals surface area contributed by atoms with Gasteiger partial charge in [-0.15, -0.1) is 0 Å². The molecule has 1 aromatic heterocycles. The van der Waals surface area contributed by atoms with Crippen molar-refractivity contribution in [3.63, 3.8) is 0 Å². The summed E-state index contributed by atoms with van der Waals surface area (Å²) in [7, 11) is 0. The Morgan fingerprint density at radius 3 is 2.70 bits per heavy atom. The minimum Gasteiger partial charge on any atom is -0.350 e. The summed E-state index contributed by atoms with van der Waals surface area (Å²) in [5, 5.41) is 2.99. The maximum atomic E-state index is 12.1. The summed E-state index contributed by atoms with van der Waals surface area (Å²) in [6.45, 7) is 0.757. The summed E-state index contributed by atoms with van der Waals surface area (Å²) in [6.07, 6.45) is 7.92. The number of nitrogens with one attached hydrogen (secondary N) is 1. The van der Waals surface area contributed by atoms with Crippen LogP contribution < -0.4 is 5.32 Å². The van der Waals surface area contributed by atoms with E-state index in [-0.39, 0.29) is 5.91 Å². The molecule has 4 nitrogen and oxygen atoms in total. The third kappa shape index (κ3) is 2.95. The Labute approximate surface area is 118 Å². The molecule has 0 aliphatic heterocycles. The first kappa shape index (κ1) is 13.0. The zero-order valence-corrected chi connectivity index (χ0v) is 11.5. The van der Waals surface area contributed by atoms with Crippen LogP contribution in [0.25, 0.3) is 11.0 Å². The van der Waals surface area contributed by atoms with Gasteiger partial charge in [0.25, 0.3) is 5.91 Å². The molecule has 4 heteroatoms. The average Bonchev–Trinajstić information content (AvgIpc) is 2.53. The molecular weight excluding hydrogens is 250 g/mol. The zero-order valence-electron chi connectivity index (χ0n) is 11.5. The van der Waals surface area contributed by atoms with Gasteiger partial charge in [0.1, 0.15) is 5.69 Å². The van der Waals surface area contributed by atoms with Crippen LogP contribution in [0.15, 0.2) is 30.5 Å². The normalized spacial score (nSPS) is 16.2. The van der Waals surface area contributed by atoms with E-state index in [1.54, 1.807) is 6.20 Å². The molecule has 1 saturated carbocycles. The molecule has 104 valence electrons. The largest absolute Gasteiger partial charge is 0.350 e. The van der Waals surface area contributed by atoms with Gasteiger partial charge < -0.3 is 5.32 Å². The first-order chi connectivity index (χ1) is 9.83. The van der Waals surface area contributed by atoms with Crippen molar-refractivity contribution in [3.05, 3.63) is 36.2 Å². The number of rotatable bonds is 3. The minimum absolute atomic E-state index is 0.117. The number of hydrogen-bond acceptors (Lipinski definition) is 3. The molecular formula is C16H19N3O. The van der Waals surface area contributed by atoms with E-state index < -0.39 is 0 Å². The lowest BCUT2D eigenvalue weighted by molar-refractivity contribution is 0.0938. The number of benzene rings is 1. The molecule has 20 heavy (non-hydrogen) atoms. The van der Waals surface area contributed by atoms with Gasteiger partial charge in [0, 0.05) is 6.54 Å². The van der Waals surface area contributed by atoms with Gasteiger partial charge in [0.15, 0.2) is 0 Å². The van der Waals surface area contributed by atoms with E-state index in [4.69, 9.17) is 0 Å². The molecule has 2 aromatic rings. The first-order valence-corrected chi connectivity index (χ1v) is 7.33. The van der Waals surface area contributed by atoms with Crippen LogP contribution in [-0.2, 0) is 0 Å². The van der Waals surface area contributed by atoms with Crippen LogP contribution >= 0.6 is 0 Å². The topological polar surface area (TPSA) is 54.9 Å². The molecule has 1 N–H and O–H groups in total. The molecule has 1 aliphatic rings. The lowest BCUT2D eigenvalue weighted by atomic mass is 9.89. The standard InChI is InChI=1S/C16H19N3O/c20-16(18-10-12-6-2-1-3-7-12)15-11-17-13-8-4-5-9-14(13)19-15/h4-5,8-9,11-12H,1-3,6-7,10H2,(H,18,20). The van der Waals surface area contributed by atoms with Crippen molar-refractivity contribution in [2.75, 3.05) is 6.54 Å². The lowest BCUT2D eigenvalue weighted by Gasteiger charge is -2.21. The van der Waals surface area contributed by atoms with E-state index in [1.165, 1.54) is 32.1 Å². The van der Waals surface area contributed by atoms with Crippen LogP contribution in [0, 0.1) is 5.92 Å². The Morgan fingerprint density at radius 2 is 1.90 bits per heavy atom. The third-order valence-electron chi connectivity index (χ3n) is 3.96. The van der Waals surface area contributed by atoms with Crippen LogP contribution in [0.5, 0.6) is 0 Å². The van der Waals surface area contributed by atoms with Crippen LogP contribution in [0.2, 0.25) is 0 Å². The monoisotopic (exact) mass is 269 g/mol. The fourth-order valence-electron chi connectivity index (χ4n) is 2.79. The summed E-state index contributed by atoms with van der Waals surface area (Å²) in [5.41, 5.74) is 1.98. The molecule has 0 unspecified atom stereocenters. The average molecular weight is 269 g/mol. The molecule has 1 heterocycles. The predicted molar refractivity (Wildman–Crippen MR) is 78.4 cm³/mol. The molecule has 1 amide bonds. The molecule has 0 atom stereocenters. The quantitative estimate of drug-likeness (QED) is 0.932. The molecule has 3 rings (SSSR count). The van der Waals surface area contributed by atoms with Gasteiger partial charge in [-0.3, -0.25) is 9.78 Å². The molecule has 0 spiro atoms. The maximum Gasteiger partial charge on any atom is 0.271 e. The number of fused-ring (bicyclic) bond motifs is 1. The second-order valence-electron chi connectivity index (χ2n) is 5.46. The summed E-state index contributed by atoms with van der Waals surface area (Å²) < 4.78 is 0. The van der Waals surface area contributed by atoms with Gasteiger partial charge in [-0.1, -0.05) is 31.4 Å². The van der Waals surface area contributed by atoms with Crippen molar-refractivity contribution < 1.29 is 4.79 Å². The molecule has 0 radical (unpaired) electrons. The van der Waals surface area contributed by atoms with Crippen LogP contribution in [-0.4, -0.2) is 22.4 Å². The summed E-state index contributed by atoms with van der Waals surface area (Å²) in [4.78, 5) is 20.8. The van der Waals surface area contributed by atoms with E-state index in [0.29, 0.717) is 11.6 Å². The van der Waals surface area contributed by atoms with Gasteiger partial charge in [0.05, 0.1) is 17.2 Å². The SMILES string of the molecule is O=C(NCC1CCCCC1)c1cnc2ccccc2n1. The number of hydrogen-bond donors (Lipinski definition) is 1. The number of carbonyl (C=O) groups excluding carboxylic acids is 1. The minimum atomic E-state index is -0.117. The first-order valence-electron chi connectivity index (χ1n) is 7.33. The van der Waals surface area contributed by atoms with E-state index in [9.17, 15) is 4.79 Å². The Morgan fingerprint density at radius 1 is 1.15 bits per heavy atom. The lowest BCUT2D eigenvalue weighted by Crippen LogP contribution is -2.30. The molecule has 1 fully saturated rings. The number of amides is 1. The van der Waals surface area contributed by atoms with Crippen LogP contribution in [0.3, 0.4) is 0 Å². The molecule has 1 aromatic carbocycles. The maximum absolute atomic E-state index is 12.1. The van der Waals surface area contributed by atoms with Gasteiger partial charge in [0.2, 0.25) is 0 Å². The van der Waals surface area contributed by atoms with E-state index in [1.807, 2.05) is 24.3 Å². The number of carbonyl (C=O) groups is 1. The van der Waals surface area contributed by atoms with Crippen molar-refractivity contribution in [2.24, 2.45) is 5.92 Å². The van der Waals surface area contributed by atoms with Crippen molar-refractivity contribution in [3.8, 4) is 0 Å². The molecule has 0 bridgehead atoms. The summed E-state index contributed by atoms with van der Waals surface area (Å²) >= 11 is 0. The summed E-state index contributed by atoms with van der Waals surface area (Å²) in [5.74, 6) is 0.509. The molecule has 1 aliphatic carbocycles. The fraction of sp³-hybridized carbons (Fsp3) is 0.438. The predicted octanol–water partition coefficient (Wildman–Crippen LogP) is 2.94. The van der Waals surface area contributed by atoms with Crippen molar-refractivity contribution >= 4 is 16.9 Å². The fourth-order valence-corrected chi connectivity index (χ4v) is 2.79. The number of aromatic nitrogens is 2. The number of nitrogens with zero attached hydrogens (tertiary/aromatic N) is 2. The highest BCUT2D eigenvalue weighted by atomic mass is 16.1. The Bertz CT molecular complexity index is 605. The van der Waals surface area contributed by atoms with Gasteiger partial charge >= 0.3 is 0 Å². The van der Waals surface area contributed by atoms with Gasteiger partial charge in [-0.05, 0) is 30.9 Å². The highest BCUT2D eigenvalue weighted by molar-refractivity contribution is 5.93. The summed E-state index contributed by atoms with van der Waals surface area (Å²) in [6, 6.07) is 7.59. The van der Waals surface area contributed by atoms with Crippen molar-refractivity contribution in [2.45, 2.75) is 32.1 Å². The van der Waals surface area contributed by atoms with Crippen molar-refractivity contribution in [1.82, 2.24) is 15.3 Å². The smallest absolute Gasteiger partial charge is 0.271 e. The second kappa shape index (κ2) is 5.99. The van der Waals surface area contributed by atoms with Gasteiger partial charge in [-0.2, -0.15) is 0 Å². The highest BCUT2D eigenvalue weighted by Gasteiger charge is 2.15.